The number of anilines is 1. The van der Waals surface area contributed by atoms with E-state index in [1.165, 1.54) is 29.3 Å². The maximum atomic E-state index is 13.3. The van der Waals surface area contributed by atoms with Gasteiger partial charge in [-0.25, -0.2) is 4.39 Å². The lowest BCUT2D eigenvalue weighted by atomic mass is 9.99. The topological polar surface area (TPSA) is 3.24 Å². The smallest absolute Gasteiger partial charge is 0.137 e. The molecule has 104 valence electrons. The second kappa shape index (κ2) is 5.57. The average molecular weight is 334 g/mol. The van der Waals surface area contributed by atoms with Crippen molar-refractivity contribution in [3.8, 4) is 0 Å². The Kier molecular flexibility index (Phi) is 3.79. The van der Waals surface area contributed by atoms with E-state index in [9.17, 15) is 4.39 Å². The van der Waals surface area contributed by atoms with Gasteiger partial charge in [0.2, 0.25) is 0 Å². The zero-order chi connectivity index (χ0) is 14.1. The minimum Gasteiger partial charge on any atom is -0.367 e. The molecule has 0 saturated carbocycles. The number of nitrogens with zero attached hydrogens (tertiary/aromatic N) is 1. The van der Waals surface area contributed by atoms with Crippen LogP contribution in [-0.4, -0.2) is 6.54 Å². The third-order valence-corrected chi connectivity index (χ3v) is 4.41. The lowest BCUT2D eigenvalue weighted by molar-refractivity contribution is 0.619. The molecule has 0 fully saturated rings. The van der Waals surface area contributed by atoms with Crippen LogP contribution in [0.5, 0.6) is 0 Å². The molecule has 0 spiro atoms. The number of benzene rings is 2. The summed E-state index contributed by atoms with van der Waals surface area (Å²) >= 11 is 3.26. The van der Waals surface area contributed by atoms with Gasteiger partial charge < -0.3 is 4.90 Å². The third kappa shape index (κ3) is 2.73. The number of hydrogen-bond acceptors (Lipinski definition) is 1. The van der Waals surface area contributed by atoms with Gasteiger partial charge in [-0.15, -0.1) is 0 Å². The molecule has 0 atom stereocenters. The highest BCUT2D eigenvalue weighted by Crippen LogP contribution is 2.29. The molecule has 3 heteroatoms. The van der Waals surface area contributed by atoms with Crippen molar-refractivity contribution in [1.82, 2.24) is 0 Å². The highest BCUT2D eigenvalue weighted by molar-refractivity contribution is 9.10. The maximum absolute atomic E-state index is 13.3. The molecule has 1 nitrogen and oxygen atoms in total. The molecule has 1 aliphatic rings. The van der Waals surface area contributed by atoms with E-state index in [0.29, 0.717) is 4.47 Å². The maximum Gasteiger partial charge on any atom is 0.137 e. The Bertz CT molecular complexity index is 639. The van der Waals surface area contributed by atoms with Gasteiger partial charge in [0.1, 0.15) is 5.82 Å². The van der Waals surface area contributed by atoms with Crippen LogP contribution < -0.4 is 4.90 Å². The molecular formula is C17H17BrFN. The van der Waals surface area contributed by atoms with Gasteiger partial charge in [0.05, 0.1) is 4.47 Å². The summed E-state index contributed by atoms with van der Waals surface area (Å²) in [6, 6.07) is 11.9. The molecule has 0 amide bonds. The Morgan fingerprint density at radius 1 is 1.20 bits per heavy atom. The Balaban J connectivity index is 1.87. The van der Waals surface area contributed by atoms with E-state index in [2.05, 4.69) is 46.0 Å². The molecule has 0 aromatic heterocycles. The van der Waals surface area contributed by atoms with Crippen LogP contribution in [0.15, 0.2) is 40.9 Å². The fraction of sp³-hybridized carbons (Fsp3) is 0.294. The SMILES string of the molecule is Cc1ccc2c(c1)CCCN2Cc1ccc(F)c(Br)c1. The van der Waals surface area contributed by atoms with Crippen LogP contribution in [0.4, 0.5) is 10.1 Å². The summed E-state index contributed by atoms with van der Waals surface area (Å²) in [5, 5.41) is 0. The number of aryl methyl sites for hydroxylation is 2. The van der Waals surface area contributed by atoms with Gasteiger partial charge in [0, 0.05) is 18.8 Å². The van der Waals surface area contributed by atoms with Crippen molar-refractivity contribution in [3.63, 3.8) is 0 Å². The standard InChI is InChI=1S/C17H17BrFN/c1-12-4-7-17-14(9-12)3-2-8-20(17)11-13-5-6-16(19)15(18)10-13/h4-7,9-10H,2-3,8,11H2,1H3. The number of rotatable bonds is 2. The van der Waals surface area contributed by atoms with Crippen LogP contribution in [0, 0.1) is 12.7 Å². The molecule has 2 aromatic carbocycles. The fourth-order valence-corrected chi connectivity index (χ4v) is 3.25. The van der Waals surface area contributed by atoms with Crippen molar-refractivity contribution >= 4 is 21.6 Å². The summed E-state index contributed by atoms with van der Waals surface area (Å²) in [5.41, 5.74) is 5.20. The van der Waals surface area contributed by atoms with Crippen LogP contribution in [0.2, 0.25) is 0 Å². The quantitative estimate of drug-likeness (QED) is 0.759. The first-order valence-corrected chi connectivity index (χ1v) is 7.71. The van der Waals surface area contributed by atoms with Crippen LogP contribution in [0.3, 0.4) is 0 Å². The first-order valence-electron chi connectivity index (χ1n) is 6.92. The summed E-state index contributed by atoms with van der Waals surface area (Å²) in [4.78, 5) is 2.39. The van der Waals surface area contributed by atoms with Gasteiger partial charge in [-0.05, 0) is 65.0 Å². The minimum atomic E-state index is -0.205. The Labute approximate surface area is 127 Å². The Hall–Kier alpha value is -1.35. The highest BCUT2D eigenvalue weighted by atomic mass is 79.9. The van der Waals surface area contributed by atoms with Crippen LogP contribution in [0.1, 0.15) is 23.1 Å². The van der Waals surface area contributed by atoms with Gasteiger partial charge in [-0.2, -0.15) is 0 Å². The molecule has 1 aliphatic heterocycles. The van der Waals surface area contributed by atoms with E-state index in [-0.39, 0.29) is 5.82 Å². The molecule has 0 unspecified atom stereocenters. The van der Waals surface area contributed by atoms with E-state index in [4.69, 9.17) is 0 Å². The second-order valence-electron chi connectivity index (χ2n) is 5.41. The van der Waals surface area contributed by atoms with Crippen molar-refractivity contribution in [2.75, 3.05) is 11.4 Å². The Morgan fingerprint density at radius 2 is 2.05 bits per heavy atom. The zero-order valence-electron chi connectivity index (χ0n) is 11.5. The van der Waals surface area contributed by atoms with Crippen molar-refractivity contribution in [1.29, 1.82) is 0 Å². The van der Waals surface area contributed by atoms with Gasteiger partial charge in [0.15, 0.2) is 0 Å². The molecule has 0 saturated heterocycles. The van der Waals surface area contributed by atoms with E-state index >= 15 is 0 Å². The van der Waals surface area contributed by atoms with Crippen LogP contribution >= 0.6 is 15.9 Å². The molecule has 2 aromatic rings. The summed E-state index contributed by atoms with van der Waals surface area (Å²) in [6.45, 7) is 4.02. The first kappa shape index (κ1) is 13.6. The zero-order valence-corrected chi connectivity index (χ0v) is 13.1. The molecule has 20 heavy (non-hydrogen) atoms. The van der Waals surface area contributed by atoms with Gasteiger partial charge >= 0.3 is 0 Å². The highest BCUT2D eigenvalue weighted by Gasteiger charge is 2.17. The third-order valence-electron chi connectivity index (χ3n) is 3.81. The van der Waals surface area contributed by atoms with Gasteiger partial charge in [-0.1, -0.05) is 23.8 Å². The molecule has 0 aliphatic carbocycles. The van der Waals surface area contributed by atoms with E-state index in [0.717, 1.165) is 25.1 Å². The van der Waals surface area contributed by atoms with Crippen molar-refractivity contribution in [2.24, 2.45) is 0 Å². The van der Waals surface area contributed by atoms with Gasteiger partial charge in [0.25, 0.3) is 0 Å². The lowest BCUT2D eigenvalue weighted by Crippen LogP contribution is -2.28. The second-order valence-corrected chi connectivity index (χ2v) is 6.26. The van der Waals surface area contributed by atoms with E-state index in [1.807, 2.05) is 12.1 Å². The number of hydrogen-bond donors (Lipinski definition) is 0. The molecule has 3 rings (SSSR count). The Morgan fingerprint density at radius 3 is 2.85 bits per heavy atom. The normalized spacial score (nSPS) is 14.2. The van der Waals surface area contributed by atoms with Crippen LogP contribution in [0.25, 0.3) is 0 Å². The van der Waals surface area contributed by atoms with Crippen molar-refractivity contribution < 1.29 is 4.39 Å². The first-order chi connectivity index (χ1) is 9.63. The summed E-state index contributed by atoms with van der Waals surface area (Å²) < 4.78 is 13.8. The fourth-order valence-electron chi connectivity index (χ4n) is 2.83. The monoisotopic (exact) mass is 333 g/mol. The molecule has 0 N–H and O–H groups in total. The molecule has 0 bridgehead atoms. The number of halogens is 2. The largest absolute Gasteiger partial charge is 0.367 e. The summed E-state index contributed by atoms with van der Waals surface area (Å²) in [6.07, 6.45) is 2.33. The minimum absolute atomic E-state index is 0.205. The van der Waals surface area contributed by atoms with E-state index < -0.39 is 0 Å². The molecule has 1 heterocycles. The van der Waals surface area contributed by atoms with E-state index in [1.54, 1.807) is 0 Å². The molecule has 0 radical (unpaired) electrons. The summed E-state index contributed by atoms with van der Waals surface area (Å²) in [7, 11) is 0. The van der Waals surface area contributed by atoms with Crippen molar-refractivity contribution in [2.45, 2.75) is 26.3 Å². The van der Waals surface area contributed by atoms with Gasteiger partial charge in [-0.3, -0.25) is 0 Å². The average Bonchev–Trinajstić information content (AvgIpc) is 2.43. The lowest BCUT2D eigenvalue weighted by Gasteiger charge is -2.31. The summed E-state index contributed by atoms with van der Waals surface area (Å²) in [5.74, 6) is -0.205. The predicted octanol–water partition coefficient (Wildman–Crippen LogP) is 4.85. The predicted molar refractivity (Wildman–Crippen MR) is 84.7 cm³/mol. The van der Waals surface area contributed by atoms with Crippen LogP contribution in [-0.2, 0) is 13.0 Å². The number of fused-ring (bicyclic) bond motifs is 1. The van der Waals surface area contributed by atoms with Crippen molar-refractivity contribution in [3.05, 3.63) is 63.4 Å². The molecular weight excluding hydrogens is 317 g/mol.